The van der Waals surface area contributed by atoms with E-state index in [0.29, 0.717) is 60.4 Å². The number of carbonyl (C=O) groups excluding carboxylic acids is 1. The number of likely N-dealkylation sites (tertiary alicyclic amines) is 1. The van der Waals surface area contributed by atoms with E-state index < -0.39 is 29.9 Å². The first kappa shape index (κ1) is 29.0. The second-order valence-corrected chi connectivity index (χ2v) is 12.0. The number of rotatable bonds is 8. The lowest BCUT2D eigenvalue weighted by Crippen LogP contribution is -2.52. The third-order valence-electron chi connectivity index (χ3n) is 8.69. The average Bonchev–Trinajstić information content (AvgIpc) is 3.73. The molecule has 4 N–H and O–H groups in total. The van der Waals surface area contributed by atoms with Gasteiger partial charge in [0.1, 0.15) is 23.8 Å². The van der Waals surface area contributed by atoms with E-state index in [9.17, 15) is 27.9 Å². The van der Waals surface area contributed by atoms with Gasteiger partial charge < -0.3 is 30.2 Å². The highest BCUT2D eigenvalue weighted by Crippen LogP contribution is 2.35. The summed E-state index contributed by atoms with van der Waals surface area (Å²) in [5, 5.41) is 15.7. The number of hydrogen-bond donors (Lipinski definition) is 4. The third kappa shape index (κ3) is 5.67. The topological polar surface area (TPSA) is 115 Å². The minimum absolute atomic E-state index is 0.120. The van der Waals surface area contributed by atoms with Crippen LogP contribution in [0.1, 0.15) is 38.7 Å². The first-order valence-corrected chi connectivity index (χ1v) is 14.7. The second kappa shape index (κ2) is 11.6. The zero-order chi connectivity index (χ0) is 30.4. The van der Waals surface area contributed by atoms with Gasteiger partial charge in [-0.2, -0.15) is 0 Å². The molecule has 0 radical (unpaired) electrons. The lowest BCUT2D eigenvalue weighted by molar-refractivity contribution is -0.135. The fraction of sp³-hybridized carbons (Fsp3) is 0.452. The van der Waals surface area contributed by atoms with E-state index in [1.165, 1.54) is 24.3 Å². The Labute approximate surface area is 246 Å². The molecule has 2 fully saturated rings. The van der Waals surface area contributed by atoms with E-state index in [-0.39, 0.29) is 30.5 Å². The average molecular weight is 597 g/mol. The molecule has 0 saturated carbocycles. The number of aromatic amines is 1. The largest absolute Gasteiger partial charge is 0.465 e. The molecule has 0 spiro atoms. The van der Waals surface area contributed by atoms with Crippen molar-refractivity contribution in [2.24, 2.45) is 5.92 Å². The zero-order valence-electron chi connectivity index (χ0n) is 24.0. The normalized spacial score (nSPS) is 21.3. The van der Waals surface area contributed by atoms with Crippen LogP contribution in [-0.2, 0) is 17.8 Å². The molecule has 6 rings (SSSR count). The first-order chi connectivity index (χ1) is 20.6. The predicted molar refractivity (Wildman–Crippen MR) is 156 cm³/mol. The highest BCUT2D eigenvalue weighted by molar-refractivity contribution is 5.92. The first-order valence-electron chi connectivity index (χ1n) is 14.7. The highest BCUT2D eigenvalue weighted by atomic mass is 19.1. The number of hydrogen-bond acceptors (Lipinski definition) is 4. The zero-order valence-corrected chi connectivity index (χ0v) is 24.0. The summed E-state index contributed by atoms with van der Waals surface area (Å²) in [5.41, 5.74) is 3.14. The lowest BCUT2D eigenvalue weighted by Gasteiger charge is -2.31. The summed E-state index contributed by atoms with van der Waals surface area (Å²) in [6, 6.07) is 7.59. The van der Waals surface area contributed by atoms with Gasteiger partial charge in [-0.25, -0.2) is 22.9 Å². The highest BCUT2D eigenvalue weighted by Gasteiger charge is 2.36. The van der Waals surface area contributed by atoms with E-state index in [0.717, 1.165) is 17.4 Å². The molecule has 2 aromatic heterocycles. The molecule has 9 nitrogen and oxygen atoms in total. The Kier molecular flexibility index (Phi) is 7.80. The molecule has 4 heterocycles. The van der Waals surface area contributed by atoms with Gasteiger partial charge in [0.15, 0.2) is 5.82 Å². The predicted octanol–water partition coefficient (Wildman–Crippen LogP) is 4.99. The Bertz CT molecular complexity index is 1680. The van der Waals surface area contributed by atoms with Gasteiger partial charge in [-0.3, -0.25) is 4.79 Å². The van der Waals surface area contributed by atoms with Crippen LogP contribution < -0.4 is 10.6 Å². The maximum absolute atomic E-state index is 14.4. The molecule has 2 aliphatic rings. The number of nitrogens with one attached hydrogen (secondary N) is 3. The summed E-state index contributed by atoms with van der Waals surface area (Å²) in [5.74, 6) is -0.874. The minimum Gasteiger partial charge on any atom is -0.465 e. The van der Waals surface area contributed by atoms with E-state index in [1.54, 1.807) is 30.9 Å². The molecule has 1 unspecified atom stereocenters. The number of fused-ring (bicyclic) bond motifs is 2. The van der Waals surface area contributed by atoms with Crippen molar-refractivity contribution in [2.45, 2.75) is 70.4 Å². The molecule has 12 heteroatoms. The number of imidazole rings is 1. The van der Waals surface area contributed by atoms with Crippen molar-refractivity contribution in [1.29, 1.82) is 0 Å². The molecular weight excluding hydrogens is 561 g/mol. The van der Waals surface area contributed by atoms with E-state index in [2.05, 4.69) is 15.6 Å². The van der Waals surface area contributed by atoms with Gasteiger partial charge in [0.25, 0.3) is 0 Å². The number of amides is 2. The van der Waals surface area contributed by atoms with Crippen LogP contribution in [0.15, 0.2) is 36.4 Å². The van der Waals surface area contributed by atoms with E-state index in [1.807, 2.05) is 4.57 Å². The summed E-state index contributed by atoms with van der Waals surface area (Å²) in [4.78, 5) is 34.9. The quantitative estimate of drug-likeness (QED) is 0.229. The summed E-state index contributed by atoms with van der Waals surface area (Å²) in [6.07, 6.45) is 0.0727. The summed E-state index contributed by atoms with van der Waals surface area (Å²) >= 11 is 0. The molecule has 4 aromatic rings. The van der Waals surface area contributed by atoms with Crippen LogP contribution >= 0.6 is 0 Å². The summed E-state index contributed by atoms with van der Waals surface area (Å²) < 4.78 is 44.7. The Balaban J connectivity index is 1.44. The fourth-order valence-electron chi connectivity index (χ4n) is 6.63. The number of benzene rings is 2. The van der Waals surface area contributed by atoms with Crippen LogP contribution in [-0.4, -0.2) is 73.9 Å². The lowest BCUT2D eigenvalue weighted by atomic mass is 10.0. The number of carboxylic acid groups (broad SMARTS) is 1. The van der Waals surface area contributed by atoms with Crippen molar-refractivity contribution in [3.05, 3.63) is 53.6 Å². The smallest absolute Gasteiger partial charge is 0.405 e. The monoisotopic (exact) mass is 596 g/mol. The van der Waals surface area contributed by atoms with Crippen LogP contribution in [0.3, 0.4) is 0 Å². The Morgan fingerprint density at radius 1 is 1.16 bits per heavy atom. The molecular formula is C31H35F3N6O3. The summed E-state index contributed by atoms with van der Waals surface area (Å²) in [6.45, 7) is 4.68. The van der Waals surface area contributed by atoms with Crippen molar-refractivity contribution >= 4 is 33.9 Å². The van der Waals surface area contributed by atoms with Gasteiger partial charge in [0, 0.05) is 48.7 Å². The SMILES string of the molecule is CC(C)C(NC(=O)O)C(=O)N1CCC[C@H]1Cn1c(-c2[nH]c3cc(F)ccc3c2C[C@@H]2C[C@H](F)CN2)nc2cc(F)ccc21. The van der Waals surface area contributed by atoms with Crippen LogP contribution in [0.2, 0.25) is 0 Å². The van der Waals surface area contributed by atoms with Crippen molar-refractivity contribution in [3.8, 4) is 11.5 Å². The fourth-order valence-corrected chi connectivity index (χ4v) is 6.63. The number of aromatic nitrogens is 3. The third-order valence-corrected chi connectivity index (χ3v) is 8.69. The Hall–Kier alpha value is -4.06. The maximum Gasteiger partial charge on any atom is 0.405 e. The molecule has 228 valence electrons. The van der Waals surface area contributed by atoms with E-state index >= 15 is 0 Å². The molecule has 2 aliphatic heterocycles. The number of H-pyrrole nitrogens is 1. The van der Waals surface area contributed by atoms with Crippen molar-refractivity contribution in [3.63, 3.8) is 0 Å². The molecule has 0 bridgehead atoms. The van der Waals surface area contributed by atoms with Crippen LogP contribution in [0.25, 0.3) is 33.5 Å². The Morgan fingerprint density at radius 2 is 1.93 bits per heavy atom. The number of alkyl halides is 1. The van der Waals surface area contributed by atoms with Gasteiger partial charge in [0.2, 0.25) is 5.91 Å². The van der Waals surface area contributed by atoms with Crippen LogP contribution in [0.5, 0.6) is 0 Å². The van der Waals surface area contributed by atoms with Gasteiger partial charge >= 0.3 is 6.09 Å². The molecule has 4 atom stereocenters. The molecule has 2 amide bonds. The maximum atomic E-state index is 14.4. The molecule has 2 aromatic carbocycles. The molecule has 0 aliphatic carbocycles. The van der Waals surface area contributed by atoms with Gasteiger partial charge in [-0.15, -0.1) is 0 Å². The second-order valence-electron chi connectivity index (χ2n) is 12.0. The molecule has 2 saturated heterocycles. The van der Waals surface area contributed by atoms with Gasteiger partial charge in [-0.1, -0.05) is 13.8 Å². The standard InChI is InChI=1S/C31H35F3N6O3/c1-16(2)27(38-31(42)43)30(41)39-9-3-4-21(39)15-40-26-8-6-18(33)12-25(26)37-29(40)28-23(13-20-10-19(34)14-35-20)22-7-5-17(32)11-24(22)36-28/h5-8,11-12,16,19-21,27,35-36,38H,3-4,9-10,13-15H2,1-2H3,(H,42,43)/t19-,20-,21-,27?/m0/s1. The van der Waals surface area contributed by atoms with Crippen molar-refractivity contribution in [1.82, 2.24) is 30.1 Å². The number of nitrogens with zero attached hydrogens (tertiary/aromatic N) is 3. The number of carbonyl (C=O) groups is 2. The Morgan fingerprint density at radius 3 is 2.65 bits per heavy atom. The van der Waals surface area contributed by atoms with Crippen molar-refractivity contribution < 1.29 is 27.9 Å². The van der Waals surface area contributed by atoms with Crippen LogP contribution in [0.4, 0.5) is 18.0 Å². The van der Waals surface area contributed by atoms with Crippen LogP contribution in [0, 0.1) is 17.6 Å². The minimum atomic E-state index is -1.26. The molecule has 43 heavy (non-hydrogen) atoms. The summed E-state index contributed by atoms with van der Waals surface area (Å²) in [7, 11) is 0. The number of halogens is 3. The van der Waals surface area contributed by atoms with Gasteiger partial charge in [-0.05, 0) is 67.5 Å². The van der Waals surface area contributed by atoms with Crippen molar-refractivity contribution in [2.75, 3.05) is 13.1 Å². The van der Waals surface area contributed by atoms with E-state index in [4.69, 9.17) is 4.98 Å². The van der Waals surface area contributed by atoms with Gasteiger partial charge in [0.05, 0.1) is 16.7 Å².